The third kappa shape index (κ3) is 3.39. The lowest BCUT2D eigenvalue weighted by Gasteiger charge is -2.14. The lowest BCUT2D eigenvalue weighted by atomic mass is 10.1. The van der Waals surface area contributed by atoms with Gasteiger partial charge in [-0.3, -0.25) is 0 Å². The number of ether oxygens (including phenoxy) is 1. The molecule has 2 heterocycles. The van der Waals surface area contributed by atoms with Crippen LogP contribution < -0.4 is 11.1 Å². The fourth-order valence-electron chi connectivity index (χ4n) is 2.46. The summed E-state index contributed by atoms with van der Waals surface area (Å²) in [5.74, 6) is 0.844. The Morgan fingerprint density at radius 2 is 2.45 bits per heavy atom. The third-order valence-electron chi connectivity index (χ3n) is 3.73. The van der Waals surface area contributed by atoms with Crippen LogP contribution in [0.4, 0.5) is 11.5 Å². The molecular formula is C14H22N4O2. The number of rotatable bonds is 5. The molecular weight excluding hydrogens is 256 g/mol. The highest BCUT2D eigenvalue weighted by Crippen LogP contribution is 2.19. The van der Waals surface area contributed by atoms with E-state index >= 15 is 0 Å². The van der Waals surface area contributed by atoms with Crippen molar-refractivity contribution in [3.05, 3.63) is 17.8 Å². The summed E-state index contributed by atoms with van der Waals surface area (Å²) in [7, 11) is 1.34. The van der Waals surface area contributed by atoms with Gasteiger partial charge in [0.1, 0.15) is 5.82 Å². The molecule has 110 valence electrons. The van der Waals surface area contributed by atoms with Crippen LogP contribution in [0.2, 0.25) is 0 Å². The molecule has 6 heteroatoms. The molecule has 0 bridgehead atoms. The minimum Gasteiger partial charge on any atom is -0.465 e. The summed E-state index contributed by atoms with van der Waals surface area (Å²) >= 11 is 0. The Balaban J connectivity index is 1.95. The van der Waals surface area contributed by atoms with E-state index in [1.165, 1.54) is 19.7 Å². The zero-order valence-electron chi connectivity index (χ0n) is 12.1. The second-order valence-electron chi connectivity index (χ2n) is 5.08. The van der Waals surface area contributed by atoms with Crippen molar-refractivity contribution >= 4 is 17.5 Å². The number of carbonyl (C=O) groups excluding carboxylic acids is 1. The smallest absolute Gasteiger partial charge is 0.340 e. The maximum Gasteiger partial charge on any atom is 0.340 e. The van der Waals surface area contributed by atoms with Gasteiger partial charge < -0.3 is 20.7 Å². The van der Waals surface area contributed by atoms with Crippen molar-refractivity contribution in [2.75, 3.05) is 44.3 Å². The zero-order valence-corrected chi connectivity index (χ0v) is 12.1. The number of nitrogens with two attached hydrogens (primary N) is 1. The number of hydrogen-bond donors (Lipinski definition) is 2. The molecule has 1 saturated heterocycles. The van der Waals surface area contributed by atoms with Crippen molar-refractivity contribution < 1.29 is 9.53 Å². The maximum absolute atomic E-state index is 11.6. The first-order valence-corrected chi connectivity index (χ1v) is 6.94. The van der Waals surface area contributed by atoms with Gasteiger partial charge in [0.15, 0.2) is 0 Å². The average Bonchev–Trinajstić information content (AvgIpc) is 2.93. The summed E-state index contributed by atoms with van der Waals surface area (Å²) in [6.45, 7) is 6.41. The molecule has 1 aromatic rings. The Labute approximate surface area is 119 Å². The molecule has 0 spiro atoms. The van der Waals surface area contributed by atoms with Crippen LogP contribution in [0.3, 0.4) is 0 Å². The van der Waals surface area contributed by atoms with Crippen molar-refractivity contribution in [3.8, 4) is 0 Å². The Hall–Kier alpha value is -1.82. The number of nitrogens with one attached hydrogen (secondary N) is 1. The monoisotopic (exact) mass is 278 g/mol. The van der Waals surface area contributed by atoms with E-state index in [0.717, 1.165) is 26.2 Å². The number of carbonyl (C=O) groups is 1. The van der Waals surface area contributed by atoms with E-state index in [9.17, 15) is 4.79 Å². The minimum absolute atomic E-state index is 0.334. The van der Waals surface area contributed by atoms with Crippen LogP contribution in [0.25, 0.3) is 0 Å². The van der Waals surface area contributed by atoms with E-state index in [1.807, 2.05) is 0 Å². The normalized spacial score (nSPS) is 19.0. The SMILES string of the molecule is CCN1CCC(CNc2cc(C(=O)OC)c(N)cn2)C1. The lowest BCUT2D eigenvalue weighted by Crippen LogP contribution is -2.22. The minimum atomic E-state index is -0.439. The van der Waals surface area contributed by atoms with Gasteiger partial charge >= 0.3 is 5.97 Å². The third-order valence-corrected chi connectivity index (χ3v) is 3.73. The van der Waals surface area contributed by atoms with Gasteiger partial charge in [0.2, 0.25) is 0 Å². The van der Waals surface area contributed by atoms with Crippen molar-refractivity contribution in [1.29, 1.82) is 0 Å². The van der Waals surface area contributed by atoms with Crippen LogP contribution in [0.1, 0.15) is 23.7 Å². The zero-order chi connectivity index (χ0) is 14.5. The van der Waals surface area contributed by atoms with Crippen molar-refractivity contribution in [1.82, 2.24) is 9.88 Å². The quantitative estimate of drug-likeness (QED) is 0.788. The van der Waals surface area contributed by atoms with E-state index in [2.05, 4.69) is 22.1 Å². The molecule has 0 radical (unpaired) electrons. The van der Waals surface area contributed by atoms with Gasteiger partial charge in [-0.2, -0.15) is 0 Å². The summed E-state index contributed by atoms with van der Waals surface area (Å²) in [6, 6.07) is 1.65. The highest BCUT2D eigenvalue weighted by Gasteiger charge is 2.21. The van der Waals surface area contributed by atoms with E-state index in [4.69, 9.17) is 10.5 Å². The molecule has 0 aromatic carbocycles. The van der Waals surface area contributed by atoms with Gasteiger partial charge in [-0.15, -0.1) is 0 Å². The van der Waals surface area contributed by atoms with E-state index in [0.29, 0.717) is 23.0 Å². The van der Waals surface area contributed by atoms with Gasteiger partial charge in [0.05, 0.1) is 24.6 Å². The molecule has 0 aliphatic carbocycles. The number of nitrogens with zero attached hydrogens (tertiary/aromatic N) is 2. The summed E-state index contributed by atoms with van der Waals surface area (Å²) in [4.78, 5) is 18.2. The Morgan fingerprint density at radius 3 is 3.10 bits per heavy atom. The molecule has 1 aliphatic heterocycles. The second kappa shape index (κ2) is 6.56. The van der Waals surface area contributed by atoms with Crippen LogP contribution in [0.5, 0.6) is 0 Å². The molecule has 1 fully saturated rings. The van der Waals surface area contributed by atoms with Gasteiger partial charge in [-0.05, 0) is 31.5 Å². The molecule has 1 aromatic heterocycles. The Morgan fingerprint density at radius 1 is 1.65 bits per heavy atom. The fraction of sp³-hybridized carbons (Fsp3) is 0.571. The molecule has 0 amide bonds. The highest BCUT2D eigenvalue weighted by molar-refractivity contribution is 5.95. The topological polar surface area (TPSA) is 80.5 Å². The van der Waals surface area contributed by atoms with Gasteiger partial charge in [-0.1, -0.05) is 6.92 Å². The molecule has 3 N–H and O–H groups in total. The predicted molar refractivity (Wildman–Crippen MR) is 78.7 cm³/mol. The molecule has 20 heavy (non-hydrogen) atoms. The molecule has 0 saturated carbocycles. The number of esters is 1. The number of methoxy groups -OCH3 is 1. The number of aromatic nitrogens is 1. The Bertz CT molecular complexity index is 478. The number of hydrogen-bond acceptors (Lipinski definition) is 6. The van der Waals surface area contributed by atoms with Gasteiger partial charge in [-0.25, -0.2) is 9.78 Å². The predicted octanol–water partition coefficient (Wildman–Crippen LogP) is 1.20. The highest BCUT2D eigenvalue weighted by atomic mass is 16.5. The second-order valence-corrected chi connectivity index (χ2v) is 5.08. The largest absolute Gasteiger partial charge is 0.465 e. The van der Waals surface area contributed by atoms with Crippen LogP contribution in [-0.2, 0) is 4.74 Å². The average molecular weight is 278 g/mol. The van der Waals surface area contributed by atoms with Crippen molar-refractivity contribution in [3.63, 3.8) is 0 Å². The van der Waals surface area contributed by atoms with Crippen molar-refractivity contribution in [2.24, 2.45) is 5.92 Å². The summed E-state index contributed by atoms with van der Waals surface area (Å²) in [5, 5.41) is 3.28. The van der Waals surface area contributed by atoms with E-state index in [1.54, 1.807) is 6.07 Å². The van der Waals surface area contributed by atoms with Crippen molar-refractivity contribution in [2.45, 2.75) is 13.3 Å². The molecule has 1 atom stereocenters. The van der Waals surface area contributed by atoms with E-state index in [-0.39, 0.29) is 0 Å². The molecule has 6 nitrogen and oxygen atoms in total. The van der Waals surface area contributed by atoms with E-state index < -0.39 is 5.97 Å². The van der Waals surface area contributed by atoms with Crippen LogP contribution in [-0.4, -0.2) is 49.1 Å². The molecule has 1 aliphatic rings. The Kier molecular flexibility index (Phi) is 4.79. The summed E-state index contributed by atoms with van der Waals surface area (Å²) in [6.07, 6.45) is 2.68. The number of likely N-dealkylation sites (tertiary alicyclic amines) is 1. The molecule has 2 rings (SSSR count). The number of nitrogen functional groups attached to an aromatic ring is 1. The maximum atomic E-state index is 11.6. The first-order chi connectivity index (χ1) is 9.63. The standard InChI is InChI=1S/C14H22N4O2/c1-3-18-5-4-10(9-18)7-16-13-6-11(14(19)20-2)12(15)8-17-13/h6,8,10H,3-5,7,9,15H2,1-2H3,(H,16,17). The number of anilines is 2. The summed E-state index contributed by atoms with van der Waals surface area (Å²) < 4.78 is 4.70. The first-order valence-electron chi connectivity index (χ1n) is 6.94. The van der Waals surface area contributed by atoms with Gasteiger partial charge in [0, 0.05) is 13.1 Å². The first kappa shape index (κ1) is 14.6. The number of pyridine rings is 1. The summed E-state index contributed by atoms with van der Waals surface area (Å²) in [5.41, 5.74) is 6.41. The van der Waals surface area contributed by atoms with Crippen LogP contribution in [0, 0.1) is 5.92 Å². The van der Waals surface area contributed by atoms with Crippen LogP contribution in [0.15, 0.2) is 12.3 Å². The fourth-order valence-corrected chi connectivity index (χ4v) is 2.46. The molecule has 1 unspecified atom stereocenters. The van der Waals surface area contributed by atoms with Crippen LogP contribution >= 0.6 is 0 Å². The lowest BCUT2D eigenvalue weighted by molar-refractivity contribution is 0.0602. The van der Waals surface area contributed by atoms with Gasteiger partial charge in [0.25, 0.3) is 0 Å².